The highest BCUT2D eigenvalue weighted by Gasteiger charge is 1.95. The van der Waals surface area contributed by atoms with Gasteiger partial charge in [0.1, 0.15) is 0 Å². The summed E-state index contributed by atoms with van der Waals surface area (Å²) in [4.78, 5) is 1.20. The van der Waals surface area contributed by atoms with Gasteiger partial charge in [0.2, 0.25) is 0 Å². The molecule has 0 saturated heterocycles. The summed E-state index contributed by atoms with van der Waals surface area (Å²) in [6.45, 7) is 2.15. The topological polar surface area (TPSA) is 25.8 Å². The summed E-state index contributed by atoms with van der Waals surface area (Å²) >= 11 is 1.71. The molecule has 0 aromatic carbocycles. The standard InChI is InChI=1S/C8H12N2S/c1-3-4-7-5-8(11-2)6-9-10-7/h5-6H,3-4H2,1-2H3. The molecule has 0 aliphatic carbocycles. The maximum atomic E-state index is 4.01. The third-order valence-electron chi connectivity index (χ3n) is 1.42. The largest absolute Gasteiger partial charge is 0.158 e. The molecule has 1 rings (SSSR count). The average Bonchev–Trinajstić information content (AvgIpc) is 2.06. The number of aryl methyl sites for hydroxylation is 1. The van der Waals surface area contributed by atoms with Gasteiger partial charge in [-0.2, -0.15) is 10.2 Å². The number of hydrogen-bond donors (Lipinski definition) is 0. The lowest BCUT2D eigenvalue weighted by Crippen LogP contribution is -1.91. The van der Waals surface area contributed by atoms with Gasteiger partial charge in [-0.3, -0.25) is 0 Å². The fourth-order valence-corrected chi connectivity index (χ4v) is 1.29. The summed E-state index contributed by atoms with van der Waals surface area (Å²) in [7, 11) is 0. The Labute approximate surface area is 71.4 Å². The summed E-state index contributed by atoms with van der Waals surface area (Å²) in [5.41, 5.74) is 1.10. The van der Waals surface area contributed by atoms with Crippen LogP contribution in [0.25, 0.3) is 0 Å². The zero-order valence-corrected chi connectivity index (χ0v) is 7.69. The Morgan fingerprint density at radius 1 is 1.55 bits per heavy atom. The molecule has 0 fully saturated rings. The van der Waals surface area contributed by atoms with Crippen molar-refractivity contribution in [2.24, 2.45) is 0 Å². The first-order valence-electron chi connectivity index (χ1n) is 3.72. The predicted octanol–water partition coefficient (Wildman–Crippen LogP) is 2.15. The molecule has 1 aromatic rings. The predicted molar refractivity (Wildman–Crippen MR) is 47.8 cm³/mol. The highest BCUT2D eigenvalue weighted by Crippen LogP contribution is 2.13. The summed E-state index contributed by atoms with van der Waals surface area (Å²) in [6, 6.07) is 2.10. The van der Waals surface area contributed by atoms with E-state index < -0.39 is 0 Å². The number of hydrogen-bond acceptors (Lipinski definition) is 3. The van der Waals surface area contributed by atoms with Gasteiger partial charge in [0.25, 0.3) is 0 Å². The Morgan fingerprint density at radius 2 is 2.36 bits per heavy atom. The van der Waals surface area contributed by atoms with Crippen LogP contribution < -0.4 is 0 Å². The fraction of sp³-hybridized carbons (Fsp3) is 0.500. The number of rotatable bonds is 3. The van der Waals surface area contributed by atoms with Crippen molar-refractivity contribution in [2.75, 3.05) is 6.26 Å². The summed E-state index contributed by atoms with van der Waals surface area (Å²) < 4.78 is 0. The fourth-order valence-electron chi connectivity index (χ4n) is 0.880. The molecule has 1 heterocycles. The second-order valence-corrected chi connectivity index (χ2v) is 3.22. The summed E-state index contributed by atoms with van der Waals surface area (Å²) in [5.74, 6) is 0. The molecule has 11 heavy (non-hydrogen) atoms. The van der Waals surface area contributed by atoms with Gasteiger partial charge in [-0.1, -0.05) is 13.3 Å². The Balaban J connectivity index is 2.74. The molecule has 60 valence electrons. The van der Waals surface area contributed by atoms with E-state index in [1.54, 1.807) is 18.0 Å². The molecule has 0 unspecified atom stereocenters. The Kier molecular flexibility index (Phi) is 3.36. The zero-order chi connectivity index (χ0) is 8.10. The van der Waals surface area contributed by atoms with Gasteiger partial charge in [0, 0.05) is 4.90 Å². The maximum Gasteiger partial charge on any atom is 0.0642 e. The van der Waals surface area contributed by atoms with Crippen LogP contribution in [0.15, 0.2) is 17.2 Å². The van der Waals surface area contributed by atoms with E-state index in [4.69, 9.17) is 0 Å². The molecule has 0 radical (unpaired) electrons. The minimum atomic E-state index is 1.03. The molecule has 0 N–H and O–H groups in total. The molecular formula is C8H12N2S. The molecule has 0 atom stereocenters. The Morgan fingerprint density at radius 3 is 3.00 bits per heavy atom. The molecule has 1 aromatic heterocycles. The molecule has 0 aliphatic rings. The molecule has 0 aliphatic heterocycles. The number of aromatic nitrogens is 2. The summed E-state index contributed by atoms with van der Waals surface area (Å²) in [5, 5.41) is 7.92. The van der Waals surface area contributed by atoms with Gasteiger partial charge in [-0.25, -0.2) is 0 Å². The van der Waals surface area contributed by atoms with E-state index in [0.29, 0.717) is 0 Å². The van der Waals surface area contributed by atoms with Crippen molar-refractivity contribution >= 4 is 11.8 Å². The molecule has 0 spiro atoms. The monoisotopic (exact) mass is 168 g/mol. The van der Waals surface area contributed by atoms with Gasteiger partial charge in [-0.05, 0) is 18.7 Å². The smallest absolute Gasteiger partial charge is 0.0642 e. The van der Waals surface area contributed by atoms with E-state index >= 15 is 0 Å². The first-order valence-corrected chi connectivity index (χ1v) is 4.95. The number of thioether (sulfide) groups is 1. The van der Waals surface area contributed by atoms with Gasteiger partial charge >= 0.3 is 0 Å². The Bertz CT molecular complexity index is 225. The van der Waals surface area contributed by atoms with Crippen LogP contribution in [0.3, 0.4) is 0 Å². The normalized spacial score (nSPS) is 10.0. The summed E-state index contributed by atoms with van der Waals surface area (Å²) in [6.07, 6.45) is 6.00. The van der Waals surface area contributed by atoms with Crippen molar-refractivity contribution in [1.29, 1.82) is 0 Å². The van der Waals surface area contributed by atoms with Crippen molar-refractivity contribution in [3.8, 4) is 0 Å². The van der Waals surface area contributed by atoms with Crippen LogP contribution in [0.1, 0.15) is 19.0 Å². The third-order valence-corrected chi connectivity index (χ3v) is 2.12. The highest BCUT2D eigenvalue weighted by atomic mass is 32.2. The van der Waals surface area contributed by atoms with E-state index in [1.165, 1.54) is 4.90 Å². The Hall–Kier alpha value is -0.570. The van der Waals surface area contributed by atoms with Crippen molar-refractivity contribution < 1.29 is 0 Å². The highest BCUT2D eigenvalue weighted by molar-refractivity contribution is 7.98. The molecular weight excluding hydrogens is 156 g/mol. The van der Waals surface area contributed by atoms with Gasteiger partial charge in [-0.15, -0.1) is 11.8 Å². The quantitative estimate of drug-likeness (QED) is 0.647. The van der Waals surface area contributed by atoms with Gasteiger partial charge in [0.15, 0.2) is 0 Å². The lowest BCUT2D eigenvalue weighted by molar-refractivity contribution is 0.826. The maximum absolute atomic E-state index is 4.01. The first-order chi connectivity index (χ1) is 5.36. The van der Waals surface area contributed by atoms with Gasteiger partial charge in [0.05, 0.1) is 11.9 Å². The van der Waals surface area contributed by atoms with Crippen LogP contribution in [-0.4, -0.2) is 16.5 Å². The minimum absolute atomic E-state index is 1.03. The zero-order valence-electron chi connectivity index (χ0n) is 6.87. The van der Waals surface area contributed by atoms with Crippen LogP contribution in [-0.2, 0) is 6.42 Å². The lowest BCUT2D eigenvalue weighted by Gasteiger charge is -1.97. The van der Waals surface area contributed by atoms with E-state index in [9.17, 15) is 0 Å². The second kappa shape index (κ2) is 4.34. The van der Waals surface area contributed by atoms with E-state index in [2.05, 4.69) is 23.2 Å². The van der Waals surface area contributed by atoms with Gasteiger partial charge < -0.3 is 0 Å². The first kappa shape index (κ1) is 8.53. The van der Waals surface area contributed by atoms with E-state index in [0.717, 1.165) is 18.5 Å². The van der Waals surface area contributed by atoms with Crippen molar-refractivity contribution in [2.45, 2.75) is 24.7 Å². The van der Waals surface area contributed by atoms with Crippen molar-refractivity contribution in [1.82, 2.24) is 10.2 Å². The van der Waals surface area contributed by atoms with Crippen molar-refractivity contribution in [3.63, 3.8) is 0 Å². The van der Waals surface area contributed by atoms with Crippen molar-refractivity contribution in [3.05, 3.63) is 18.0 Å². The molecule has 3 heteroatoms. The molecule has 0 amide bonds. The van der Waals surface area contributed by atoms with Crippen LogP contribution >= 0.6 is 11.8 Å². The molecule has 0 bridgehead atoms. The van der Waals surface area contributed by atoms with E-state index in [1.807, 2.05) is 6.26 Å². The second-order valence-electron chi connectivity index (χ2n) is 2.34. The van der Waals surface area contributed by atoms with Crippen LogP contribution in [0.4, 0.5) is 0 Å². The SMILES string of the molecule is CCCc1cc(SC)cnn1. The minimum Gasteiger partial charge on any atom is -0.158 e. The number of nitrogens with zero attached hydrogens (tertiary/aromatic N) is 2. The average molecular weight is 168 g/mol. The molecule has 2 nitrogen and oxygen atoms in total. The lowest BCUT2D eigenvalue weighted by atomic mass is 10.2. The van der Waals surface area contributed by atoms with Crippen LogP contribution in [0.2, 0.25) is 0 Å². The molecule has 0 saturated carbocycles. The van der Waals surface area contributed by atoms with E-state index in [-0.39, 0.29) is 0 Å². The third kappa shape index (κ3) is 2.50. The van der Waals surface area contributed by atoms with Crippen LogP contribution in [0.5, 0.6) is 0 Å². The van der Waals surface area contributed by atoms with Crippen LogP contribution in [0, 0.1) is 0 Å².